The lowest BCUT2D eigenvalue weighted by atomic mass is 10.1. The number of benzene rings is 4. The minimum atomic E-state index is -0.830. The van der Waals surface area contributed by atoms with Crippen molar-refractivity contribution in [1.82, 2.24) is 5.32 Å². The summed E-state index contributed by atoms with van der Waals surface area (Å²) in [6.07, 6.45) is 1.42. The van der Waals surface area contributed by atoms with Crippen molar-refractivity contribution < 1.29 is 23.9 Å². The fraction of sp³-hybridized carbons (Fsp3) is 0.0690. The highest BCUT2D eigenvalue weighted by molar-refractivity contribution is 14.1. The first kappa shape index (κ1) is 25.7. The standard InChI is InChI=1S/C29H20ClIN2O5/c1-37-25-15-17(13-23-27(34)32-29(36)33(28(23)35)21-11-9-20(30)10-12-21)14-24(31)26(25)38-16-19-7-4-6-18-5-2-3-8-22(18)19/h2-15H,16H2,1H3,(H,32,34,36)/b23-13-. The Morgan fingerprint density at radius 3 is 2.47 bits per heavy atom. The molecule has 1 fully saturated rings. The van der Waals surface area contributed by atoms with Crippen molar-refractivity contribution >= 4 is 74.6 Å². The number of hydrogen-bond donors (Lipinski definition) is 1. The third-order valence-corrected chi connectivity index (χ3v) is 7.05. The molecule has 1 aliphatic rings. The van der Waals surface area contributed by atoms with Crippen molar-refractivity contribution in [1.29, 1.82) is 0 Å². The number of halogens is 2. The second kappa shape index (κ2) is 10.8. The van der Waals surface area contributed by atoms with Gasteiger partial charge in [0.15, 0.2) is 11.5 Å². The van der Waals surface area contributed by atoms with Gasteiger partial charge in [0.1, 0.15) is 12.2 Å². The van der Waals surface area contributed by atoms with Crippen LogP contribution in [0.3, 0.4) is 0 Å². The van der Waals surface area contributed by atoms with E-state index in [9.17, 15) is 14.4 Å². The van der Waals surface area contributed by atoms with Crippen LogP contribution in [0.4, 0.5) is 10.5 Å². The van der Waals surface area contributed by atoms with Crippen LogP contribution in [0.2, 0.25) is 5.02 Å². The molecular weight excluding hydrogens is 619 g/mol. The van der Waals surface area contributed by atoms with E-state index in [4.69, 9.17) is 21.1 Å². The van der Waals surface area contributed by atoms with Gasteiger partial charge in [0.05, 0.1) is 16.4 Å². The number of urea groups is 1. The predicted octanol–water partition coefficient (Wildman–Crippen LogP) is 6.35. The van der Waals surface area contributed by atoms with Crippen LogP contribution < -0.4 is 19.7 Å². The number of ether oxygens (including phenoxy) is 2. The zero-order chi connectivity index (χ0) is 26.8. The number of hydrogen-bond acceptors (Lipinski definition) is 5. The number of carbonyl (C=O) groups excluding carboxylic acids is 3. The maximum absolute atomic E-state index is 13.2. The van der Waals surface area contributed by atoms with E-state index in [-0.39, 0.29) is 5.57 Å². The molecule has 38 heavy (non-hydrogen) atoms. The summed E-state index contributed by atoms with van der Waals surface area (Å²) in [5, 5.41) is 4.90. The Hall–Kier alpha value is -3.89. The zero-order valence-electron chi connectivity index (χ0n) is 20.0. The van der Waals surface area contributed by atoms with E-state index in [1.165, 1.54) is 25.3 Å². The normalized spacial score (nSPS) is 14.7. The Morgan fingerprint density at radius 2 is 1.71 bits per heavy atom. The zero-order valence-corrected chi connectivity index (χ0v) is 22.9. The first-order valence-corrected chi connectivity index (χ1v) is 13.0. The second-order valence-corrected chi connectivity index (χ2v) is 9.99. The molecule has 0 spiro atoms. The number of nitrogens with zero attached hydrogens (tertiary/aromatic N) is 1. The van der Waals surface area contributed by atoms with Crippen LogP contribution in [-0.2, 0) is 16.2 Å². The van der Waals surface area contributed by atoms with Crippen LogP contribution in [0.15, 0.2) is 84.4 Å². The topological polar surface area (TPSA) is 84.9 Å². The molecule has 4 aromatic rings. The highest BCUT2D eigenvalue weighted by atomic mass is 127. The molecule has 1 heterocycles. The SMILES string of the molecule is COc1cc(/C=C2/C(=O)NC(=O)N(c3ccc(Cl)cc3)C2=O)cc(I)c1OCc1cccc2ccccc12. The van der Waals surface area contributed by atoms with Crippen molar-refractivity contribution in [2.45, 2.75) is 6.61 Å². The summed E-state index contributed by atoms with van der Waals surface area (Å²) in [6, 6.07) is 22.9. The van der Waals surface area contributed by atoms with E-state index in [2.05, 4.69) is 46.1 Å². The van der Waals surface area contributed by atoms with E-state index in [0.717, 1.165) is 24.8 Å². The number of fused-ring (bicyclic) bond motifs is 1. The lowest BCUT2D eigenvalue weighted by molar-refractivity contribution is -0.122. The van der Waals surface area contributed by atoms with E-state index in [0.29, 0.717) is 34.4 Å². The third-order valence-electron chi connectivity index (χ3n) is 6.00. The van der Waals surface area contributed by atoms with E-state index >= 15 is 0 Å². The Morgan fingerprint density at radius 1 is 0.974 bits per heavy atom. The minimum absolute atomic E-state index is 0.193. The van der Waals surface area contributed by atoms with Gasteiger partial charge in [-0.15, -0.1) is 0 Å². The number of nitrogens with one attached hydrogen (secondary N) is 1. The summed E-state index contributed by atoms with van der Waals surface area (Å²) in [4.78, 5) is 39.1. The quantitative estimate of drug-likeness (QED) is 0.151. The van der Waals surface area contributed by atoms with Gasteiger partial charge in [0.2, 0.25) is 0 Å². The molecule has 0 unspecified atom stereocenters. The van der Waals surface area contributed by atoms with Crippen molar-refractivity contribution in [2.75, 3.05) is 12.0 Å². The minimum Gasteiger partial charge on any atom is -0.493 e. The van der Waals surface area contributed by atoms with E-state index in [1.54, 1.807) is 24.3 Å². The molecule has 0 saturated carbocycles. The second-order valence-electron chi connectivity index (χ2n) is 8.40. The van der Waals surface area contributed by atoms with Crippen LogP contribution in [-0.4, -0.2) is 25.0 Å². The lowest BCUT2D eigenvalue weighted by Crippen LogP contribution is -2.54. The van der Waals surface area contributed by atoms with Gasteiger partial charge >= 0.3 is 6.03 Å². The molecule has 1 aliphatic heterocycles. The molecule has 0 radical (unpaired) electrons. The van der Waals surface area contributed by atoms with Crippen LogP contribution >= 0.6 is 34.2 Å². The number of rotatable bonds is 6. The summed E-state index contributed by atoms with van der Waals surface area (Å²) in [7, 11) is 1.52. The van der Waals surface area contributed by atoms with Gasteiger partial charge in [-0.2, -0.15) is 0 Å². The largest absolute Gasteiger partial charge is 0.493 e. The molecule has 7 nitrogen and oxygen atoms in total. The van der Waals surface area contributed by atoms with Crippen LogP contribution in [0.1, 0.15) is 11.1 Å². The number of carbonyl (C=O) groups is 3. The van der Waals surface area contributed by atoms with Gasteiger partial charge in [-0.05, 0) is 87.0 Å². The van der Waals surface area contributed by atoms with Gasteiger partial charge in [0.25, 0.3) is 11.8 Å². The van der Waals surface area contributed by atoms with E-state index in [1.807, 2.05) is 24.3 Å². The number of methoxy groups -OCH3 is 1. The molecular formula is C29H20ClIN2O5. The summed E-state index contributed by atoms with van der Waals surface area (Å²) in [5.74, 6) is -0.541. The molecule has 1 saturated heterocycles. The smallest absolute Gasteiger partial charge is 0.335 e. The molecule has 190 valence electrons. The maximum Gasteiger partial charge on any atom is 0.335 e. The maximum atomic E-state index is 13.2. The highest BCUT2D eigenvalue weighted by Gasteiger charge is 2.36. The highest BCUT2D eigenvalue weighted by Crippen LogP contribution is 2.36. The fourth-order valence-electron chi connectivity index (χ4n) is 4.18. The molecule has 0 aliphatic carbocycles. The van der Waals surface area contributed by atoms with Crippen LogP contribution in [0.25, 0.3) is 16.8 Å². The average molecular weight is 639 g/mol. The molecule has 5 rings (SSSR count). The summed E-state index contributed by atoms with van der Waals surface area (Å²) >= 11 is 8.05. The van der Waals surface area contributed by atoms with Crippen molar-refractivity contribution in [3.63, 3.8) is 0 Å². The number of amides is 4. The predicted molar refractivity (Wildman–Crippen MR) is 154 cm³/mol. The number of barbiturate groups is 1. The molecule has 1 N–H and O–H groups in total. The summed E-state index contributed by atoms with van der Waals surface area (Å²) in [6.45, 7) is 0.327. The Labute approximate surface area is 237 Å². The molecule has 4 aromatic carbocycles. The average Bonchev–Trinajstić information content (AvgIpc) is 2.91. The molecule has 4 amide bonds. The van der Waals surface area contributed by atoms with Crippen LogP contribution in [0.5, 0.6) is 11.5 Å². The molecule has 0 aromatic heterocycles. The third kappa shape index (κ3) is 5.09. The number of imide groups is 2. The Kier molecular flexibility index (Phi) is 7.35. The van der Waals surface area contributed by atoms with Gasteiger partial charge in [0, 0.05) is 5.02 Å². The monoisotopic (exact) mass is 638 g/mol. The van der Waals surface area contributed by atoms with Crippen LogP contribution in [0, 0.1) is 3.57 Å². The summed E-state index contributed by atoms with van der Waals surface area (Å²) in [5.41, 5.74) is 1.66. The van der Waals surface area contributed by atoms with Gasteiger partial charge in [-0.25, -0.2) is 9.69 Å². The van der Waals surface area contributed by atoms with Crippen molar-refractivity contribution in [2.24, 2.45) is 0 Å². The van der Waals surface area contributed by atoms with E-state index < -0.39 is 17.8 Å². The first-order chi connectivity index (χ1) is 18.4. The van der Waals surface area contributed by atoms with Crippen molar-refractivity contribution in [3.05, 3.63) is 104 Å². The Bertz CT molecular complexity index is 1610. The summed E-state index contributed by atoms with van der Waals surface area (Å²) < 4.78 is 12.5. The lowest BCUT2D eigenvalue weighted by Gasteiger charge is -2.26. The molecule has 0 bridgehead atoms. The van der Waals surface area contributed by atoms with Gasteiger partial charge in [-0.1, -0.05) is 54.1 Å². The van der Waals surface area contributed by atoms with Gasteiger partial charge < -0.3 is 9.47 Å². The van der Waals surface area contributed by atoms with Gasteiger partial charge in [-0.3, -0.25) is 14.9 Å². The molecule has 0 atom stereocenters. The molecule has 9 heteroatoms. The first-order valence-electron chi connectivity index (χ1n) is 11.5. The van der Waals surface area contributed by atoms with Crippen molar-refractivity contribution in [3.8, 4) is 11.5 Å². The number of anilines is 1. The Balaban J connectivity index is 1.44. The fourth-order valence-corrected chi connectivity index (χ4v) is 5.09.